The van der Waals surface area contributed by atoms with Crippen molar-refractivity contribution in [2.45, 2.75) is 19.9 Å². The van der Waals surface area contributed by atoms with Gasteiger partial charge < -0.3 is 9.73 Å². The van der Waals surface area contributed by atoms with E-state index in [4.69, 9.17) is 16.0 Å². The summed E-state index contributed by atoms with van der Waals surface area (Å²) in [5.74, 6) is -1.27. The summed E-state index contributed by atoms with van der Waals surface area (Å²) in [6.07, 6.45) is 0.0483. The molecule has 0 aliphatic heterocycles. The van der Waals surface area contributed by atoms with E-state index in [0.29, 0.717) is 27.4 Å². The number of benzene rings is 2. The number of carbonyl (C=O) groups is 1. The summed E-state index contributed by atoms with van der Waals surface area (Å²) >= 11 is 5.86. The maximum absolute atomic E-state index is 13.5. The predicted molar refractivity (Wildman–Crippen MR) is 89.9 cm³/mol. The average Bonchev–Trinajstić information content (AvgIpc) is 2.83. The molecule has 3 rings (SSSR count). The third kappa shape index (κ3) is 3.33. The lowest BCUT2D eigenvalue weighted by Crippen LogP contribution is -2.19. The van der Waals surface area contributed by atoms with Crippen molar-refractivity contribution in [3.05, 3.63) is 63.4 Å². The van der Waals surface area contributed by atoms with Crippen LogP contribution in [0.3, 0.4) is 0 Å². The number of halogens is 2. The summed E-state index contributed by atoms with van der Waals surface area (Å²) in [6.45, 7) is 1.79. The highest BCUT2D eigenvalue weighted by Crippen LogP contribution is 2.19. The normalized spacial score (nSPS) is 11.0. The van der Waals surface area contributed by atoms with E-state index in [1.165, 1.54) is 10.6 Å². The van der Waals surface area contributed by atoms with Crippen LogP contribution in [0.25, 0.3) is 11.1 Å². The predicted octanol–water partition coefficient (Wildman–Crippen LogP) is 3.72. The first-order valence-electron chi connectivity index (χ1n) is 7.29. The number of carbonyl (C=O) groups excluding carboxylic acids is 1. The zero-order valence-corrected chi connectivity index (χ0v) is 13.6. The third-order valence-electron chi connectivity index (χ3n) is 3.65. The van der Waals surface area contributed by atoms with Crippen molar-refractivity contribution >= 4 is 34.3 Å². The highest BCUT2D eigenvalue weighted by Gasteiger charge is 2.12. The van der Waals surface area contributed by atoms with E-state index < -0.39 is 5.76 Å². The lowest BCUT2D eigenvalue weighted by Gasteiger charge is -2.07. The van der Waals surface area contributed by atoms with Gasteiger partial charge in [0.25, 0.3) is 0 Å². The van der Waals surface area contributed by atoms with Crippen LogP contribution in [0, 0.1) is 12.7 Å². The van der Waals surface area contributed by atoms with Gasteiger partial charge in [-0.1, -0.05) is 17.7 Å². The topological polar surface area (TPSA) is 64.2 Å². The quantitative estimate of drug-likeness (QED) is 0.781. The number of nitrogens with one attached hydrogen (secondary N) is 1. The number of oxazole rings is 1. The lowest BCUT2D eigenvalue weighted by atomic mass is 10.2. The highest BCUT2D eigenvalue weighted by molar-refractivity contribution is 6.31. The number of aryl methyl sites for hydroxylation is 2. The molecule has 0 radical (unpaired) electrons. The van der Waals surface area contributed by atoms with Crippen molar-refractivity contribution in [3.63, 3.8) is 0 Å². The minimum atomic E-state index is -0.554. The van der Waals surface area contributed by atoms with Crippen LogP contribution in [-0.2, 0) is 11.3 Å². The molecule has 0 saturated heterocycles. The molecule has 0 atom stereocenters. The summed E-state index contributed by atoms with van der Waals surface area (Å²) in [5, 5.41) is 3.06. The Hall–Kier alpha value is -2.60. The van der Waals surface area contributed by atoms with Crippen molar-refractivity contribution in [1.29, 1.82) is 0 Å². The van der Waals surface area contributed by atoms with E-state index >= 15 is 0 Å². The van der Waals surface area contributed by atoms with E-state index in [0.717, 1.165) is 0 Å². The molecule has 0 aliphatic rings. The zero-order chi connectivity index (χ0) is 17.3. The van der Waals surface area contributed by atoms with E-state index in [1.807, 2.05) is 0 Å². The van der Waals surface area contributed by atoms with Gasteiger partial charge in [-0.15, -0.1) is 0 Å². The summed E-state index contributed by atoms with van der Waals surface area (Å²) in [4.78, 5) is 23.9. The largest absolute Gasteiger partial charge is 0.419 e. The first kappa shape index (κ1) is 16.3. The molecule has 124 valence electrons. The fraction of sp³-hybridized carbons (Fsp3) is 0.176. The maximum Gasteiger partial charge on any atom is 0.419 e. The van der Waals surface area contributed by atoms with Crippen molar-refractivity contribution in [2.24, 2.45) is 0 Å². The molecule has 0 saturated carbocycles. The molecule has 0 unspecified atom stereocenters. The molecule has 2 aromatic carbocycles. The molecule has 0 spiro atoms. The lowest BCUT2D eigenvalue weighted by molar-refractivity contribution is -0.116. The monoisotopic (exact) mass is 348 g/mol. The van der Waals surface area contributed by atoms with Crippen molar-refractivity contribution in [1.82, 2.24) is 4.57 Å². The minimum absolute atomic E-state index is 0.0483. The highest BCUT2D eigenvalue weighted by atomic mass is 35.5. The maximum atomic E-state index is 13.5. The summed E-state index contributed by atoms with van der Waals surface area (Å²) in [5.41, 5.74) is 1.81. The second-order valence-electron chi connectivity index (χ2n) is 5.39. The van der Waals surface area contributed by atoms with Gasteiger partial charge in [0.05, 0.1) is 5.52 Å². The molecule has 1 heterocycles. The Bertz CT molecular complexity index is 978. The molecular formula is C17H14ClFN2O3. The molecule has 5 nitrogen and oxygen atoms in total. The number of rotatable bonds is 4. The number of anilines is 1. The standard InChI is InChI=1S/C17H14ClFN2O3/c1-10-2-4-12(9-13(10)19)20-16(22)6-7-21-14-5-3-11(18)8-15(14)24-17(21)23/h2-5,8-9H,6-7H2,1H3,(H,20,22). The second kappa shape index (κ2) is 6.49. The SMILES string of the molecule is Cc1ccc(NC(=O)CCn2c(=O)oc3cc(Cl)ccc32)cc1F. The molecule has 0 fully saturated rings. The van der Waals surface area contributed by atoms with Crippen LogP contribution in [0.2, 0.25) is 5.02 Å². The van der Waals surface area contributed by atoms with Crippen LogP contribution in [0.15, 0.2) is 45.6 Å². The van der Waals surface area contributed by atoms with Crippen LogP contribution in [-0.4, -0.2) is 10.5 Å². The van der Waals surface area contributed by atoms with Gasteiger partial charge in [0.15, 0.2) is 5.58 Å². The first-order valence-corrected chi connectivity index (χ1v) is 7.67. The molecule has 24 heavy (non-hydrogen) atoms. The van der Waals surface area contributed by atoms with Gasteiger partial charge in [0, 0.05) is 29.7 Å². The van der Waals surface area contributed by atoms with Crippen LogP contribution < -0.4 is 11.1 Å². The first-order chi connectivity index (χ1) is 11.4. The van der Waals surface area contributed by atoms with Gasteiger partial charge >= 0.3 is 5.76 Å². The van der Waals surface area contributed by atoms with Crippen LogP contribution >= 0.6 is 11.6 Å². The molecule has 0 bridgehead atoms. The fourth-order valence-corrected chi connectivity index (χ4v) is 2.52. The van der Waals surface area contributed by atoms with Crippen molar-refractivity contribution in [3.8, 4) is 0 Å². The number of fused-ring (bicyclic) bond motifs is 1. The molecule has 1 aromatic heterocycles. The van der Waals surface area contributed by atoms with Gasteiger partial charge in [0.2, 0.25) is 5.91 Å². The van der Waals surface area contributed by atoms with Gasteiger partial charge in [-0.3, -0.25) is 9.36 Å². The molecule has 1 N–H and O–H groups in total. The van der Waals surface area contributed by atoms with Gasteiger partial charge in [-0.05, 0) is 36.8 Å². The Morgan fingerprint density at radius 2 is 2.08 bits per heavy atom. The van der Waals surface area contributed by atoms with E-state index in [-0.39, 0.29) is 24.7 Å². The smallest absolute Gasteiger partial charge is 0.408 e. The Balaban J connectivity index is 1.71. The number of aromatic nitrogens is 1. The van der Waals surface area contributed by atoms with Crippen molar-refractivity contribution in [2.75, 3.05) is 5.32 Å². The van der Waals surface area contributed by atoms with E-state index in [1.54, 1.807) is 37.3 Å². The molecule has 1 amide bonds. The number of amides is 1. The van der Waals surface area contributed by atoms with Gasteiger partial charge in [-0.25, -0.2) is 9.18 Å². The van der Waals surface area contributed by atoms with Crippen molar-refractivity contribution < 1.29 is 13.6 Å². The van der Waals surface area contributed by atoms with Gasteiger partial charge in [-0.2, -0.15) is 0 Å². The van der Waals surface area contributed by atoms with Crippen LogP contribution in [0.5, 0.6) is 0 Å². The molecule has 7 heteroatoms. The molecule has 3 aromatic rings. The summed E-state index contributed by atoms with van der Waals surface area (Å²) in [7, 11) is 0. The summed E-state index contributed by atoms with van der Waals surface area (Å²) in [6, 6.07) is 9.32. The number of hydrogen-bond donors (Lipinski definition) is 1. The van der Waals surface area contributed by atoms with Crippen LogP contribution in [0.1, 0.15) is 12.0 Å². The minimum Gasteiger partial charge on any atom is -0.408 e. The zero-order valence-electron chi connectivity index (χ0n) is 12.8. The number of hydrogen-bond acceptors (Lipinski definition) is 3. The van der Waals surface area contributed by atoms with E-state index in [9.17, 15) is 14.0 Å². The van der Waals surface area contributed by atoms with Crippen LogP contribution in [0.4, 0.5) is 10.1 Å². The summed E-state index contributed by atoms with van der Waals surface area (Å²) < 4.78 is 19.9. The fourth-order valence-electron chi connectivity index (χ4n) is 2.36. The second-order valence-corrected chi connectivity index (χ2v) is 5.83. The number of nitrogens with zero attached hydrogens (tertiary/aromatic N) is 1. The Kier molecular flexibility index (Phi) is 4.40. The Morgan fingerprint density at radius 3 is 2.83 bits per heavy atom. The van der Waals surface area contributed by atoms with E-state index in [2.05, 4.69) is 5.32 Å². The molecular weight excluding hydrogens is 335 g/mol. The average molecular weight is 349 g/mol. The molecule has 0 aliphatic carbocycles. The van der Waals surface area contributed by atoms with Gasteiger partial charge in [0.1, 0.15) is 5.82 Å². The Labute approximate surface area is 141 Å². The Morgan fingerprint density at radius 1 is 1.29 bits per heavy atom. The third-order valence-corrected chi connectivity index (χ3v) is 3.88.